The molecule has 0 aliphatic carbocycles. The van der Waals surface area contributed by atoms with Crippen LogP contribution in [0.4, 0.5) is 0 Å². The molecule has 3 rings (SSSR count). The number of aliphatic carboxylic acids is 1. The minimum Gasteiger partial charge on any atom is -0.480 e. The van der Waals surface area contributed by atoms with Crippen molar-refractivity contribution in [1.29, 1.82) is 0 Å². The maximum atomic E-state index is 11.7. The van der Waals surface area contributed by atoms with Gasteiger partial charge in [-0.25, -0.2) is 0 Å². The van der Waals surface area contributed by atoms with Crippen LogP contribution >= 0.6 is 23.4 Å². The van der Waals surface area contributed by atoms with Crippen LogP contribution < -0.4 is 0 Å². The predicted octanol–water partition coefficient (Wildman–Crippen LogP) is 5.05. The Morgan fingerprint density at radius 2 is 1.70 bits per heavy atom. The zero-order chi connectivity index (χ0) is 16.2. The molecule has 0 saturated heterocycles. The molecule has 0 radical (unpaired) electrons. The molecule has 3 nitrogen and oxygen atoms in total. The van der Waals surface area contributed by atoms with E-state index in [-0.39, 0.29) is 0 Å². The van der Waals surface area contributed by atoms with E-state index in [2.05, 4.69) is 0 Å². The molecule has 1 heterocycles. The Hall–Kier alpha value is -2.17. The van der Waals surface area contributed by atoms with E-state index in [0.717, 1.165) is 16.1 Å². The van der Waals surface area contributed by atoms with Gasteiger partial charge in [0.2, 0.25) is 0 Å². The molecule has 116 valence electrons. The molecule has 1 atom stereocenters. The highest BCUT2D eigenvalue weighted by Gasteiger charge is 2.24. The molecular weight excluding hydrogens is 330 g/mol. The molecule has 2 aromatic carbocycles. The summed E-state index contributed by atoms with van der Waals surface area (Å²) < 4.78 is 1.93. The monoisotopic (exact) mass is 343 g/mol. The van der Waals surface area contributed by atoms with Crippen LogP contribution in [-0.4, -0.2) is 15.6 Å². The number of carboxylic acids is 1. The summed E-state index contributed by atoms with van der Waals surface area (Å²) in [7, 11) is 0. The third-order valence-corrected chi connectivity index (χ3v) is 5.19. The van der Waals surface area contributed by atoms with E-state index in [1.54, 1.807) is 6.07 Å². The van der Waals surface area contributed by atoms with Gasteiger partial charge in [0, 0.05) is 12.4 Å². The SMILES string of the molecule is O=C(O)C(Sc1c(Cl)cccc1-n1cccc1)c1ccccc1. The van der Waals surface area contributed by atoms with Crippen molar-refractivity contribution < 1.29 is 9.90 Å². The molecule has 5 heteroatoms. The second-order valence-electron chi connectivity index (χ2n) is 4.93. The summed E-state index contributed by atoms with van der Waals surface area (Å²) >= 11 is 7.60. The number of carboxylic acid groups (broad SMARTS) is 1. The first kappa shape index (κ1) is 15.7. The Labute approximate surface area is 143 Å². The molecule has 0 spiro atoms. The quantitative estimate of drug-likeness (QED) is 0.659. The van der Waals surface area contributed by atoms with Crippen molar-refractivity contribution in [1.82, 2.24) is 4.57 Å². The second kappa shape index (κ2) is 6.94. The number of hydrogen-bond donors (Lipinski definition) is 1. The van der Waals surface area contributed by atoms with Gasteiger partial charge >= 0.3 is 5.97 Å². The van der Waals surface area contributed by atoms with Gasteiger partial charge < -0.3 is 9.67 Å². The Morgan fingerprint density at radius 1 is 1.00 bits per heavy atom. The van der Waals surface area contributed by atoms with Crippen LogP contribution in [0.3, 0.4) is 0 Å². The highest BCUT2D eigenvalue weighted by atomic mass is 35.5. The molecule has 0 aliphatic heterocycles. The van der Waals surface area contributed by atoms with Crippen LogP contribution in [0.15, 0.2) is 78.0 Å². The van der Waals surface area contributed by atoms with Gasteiger partial charge in [0.25, 0.3) is 0 Å². The number of hydrogen-bond acceptors (Lipinski definition) is 2. The maximum absolute atomic E-state index is 11.7. The lowest BCUT2D eigenvalue weighted by Crippen LogP contribution is -2.08. The minimum absolute atomic E-state index is 0.545. The van der Waals surface area contributed by atoms with Crippen molar-refractivity contribution in [3.63, 3.8) is 0 Å². The summed E-state index contributed by atoms with van der Waals surface area (Å²) in [4.78, 5) is 12.5. The van der Waals surface area contributed by atoms with Crippen molar-refractivity contribution in [2.75, 3.05) is 0 Å². The first-order valence-electron chi connectivity index (χ1n) is 7.03. The van der Waals surface area contributed by atoms with E-state index in [0.29, 0.717) is 5.02 Å². The topological polar surface area (TPSA) is 42.2 Å². The first-order valence-corrected chi connectivity index (χ1v) is 8.29. The van der Waals surface area contributed by atoms with Crippen LogP contribution in [-0.2, 0) is 4.79 Å². The summed E-state index contributed by atoms with van der Waals surface area (Å²) in [5.74, 6) is -0.889. The van der Waals surface area contributed by atoms with Crippen LogP contribution in [0.25, 0.3) is 5.69 Å². The van der Waals surface area contributed by atoms with Gasteiger partial charge in [0.1, 0.15) is 5.25 Å². The lowest BCUT2D eigenvalue weighted by molar-refractivity contribution is -0.136. The lowest BCUT2D eigenvalue weighted by atomic mass is 10.1. The summed E-state index contributed by atoms with van der Waals surface area (Å²) in [6.07, 6.45) is 3.82. The predicted molar refractivity (Wildman–Crippen MR) is 93.5 cm³/mol. The molecule has 1 N–H and O–H groups in total. The number of rotatable bonds is 5. The molecule has 0 amide bonds. The summed E-state index contributed by atoms with van der Waals surface area (Å²) in [5, 5.41) is 9.46. The van der Waals surface area contributed by atoms with Gasteiger partial charge in [-0.1, -0.05) is 48.0 Å². The third kappa shape index (κ3) is 3.44. The molecule has 1 aromatic heterocycles. The molecule has 0 saturated carbocycles. The van der Waals surface area contributed by atoms with E-state index < -0.39 is 11.2 Å². The number of nitrogens with zero attached hydrogens (tertiary/aromatic N) is 1. The summed E-state index contributed by atoms with van der Waals surface area (Å²) in [5.41, 5.74) is 1.61. The molecule has 0 bridgehead atoms. The van der Waals surface area contributed by atoms with E-state index >= 15 is 0 Å². The standard InChI is InChI=1S/C18H14ClNO2S/c19-14-9-6-10-15(20-11-4-5-12-20)17(14)23-16(18(21)22)13-7-2-1-3-8-13/h1-12,16H,(H,21,22). The second-order valence-corrected chi connectivity index (χ2v) is 6.45. The normalized spacial score (nSPS) is 12.0. The fraction of sp³-hybridized carbons (Fsp3) is 0.0556. The van der Waals surface area contributed by atoms with E-state index in [1.165, 1.54) is 11.8 Å². The average molecular weight is 344 g/mol. The molecule has 0 aliphatic rings. The van der Waals surface area contributed by atoms with Gasteiger partial charge in [0.05, 0.1) is 15.6 Å². The van der Waals surface area contributed by atoms with Crippen LogP contribution in [0.2, 0.25) is 5.02 Å². The van der Waals surface area contributed by atoms with Crippen LogP contribution in [0.1, 0.15) is 10.8 Å². The van der Waals surface area contributed by atoms with Crippen molar-refractivity contribution >= 4 is 29.3 Å². The highest BCUT2D eigenvalue weighted by molar-refractivity contribution is 8.00. The Bertz CT molecular complexity index is 803. The number of halogens is 1. The van der Waals surface area contributed by atoms with E-state index in [4.69, 9.17) is 11.6 Å². The number of thioether (sulfide) groups is 1. The smallest absolute Gasteiger partial charge is 0.321 e. The number of aromatic nitrogens is 1. The van der Waals surface area contributed by atoms with Crippen molar-refractivity contribution in [2.24, 2.45) is 0 Å². The fourth-order valence-electron chi connectivity index (χ4n) is 2.32. The van der Waals surface area contributed by atoms with Crippen molar-refractivity contribution in [3.8, 4) is 5.69 Å². The first-order chi connectivity index (χ1) is 11.2. The van der Waals surface area contributed by atoms with Gasteiger partial charge in [-0.3, -0.25) is 4.79 Å². The minimum atomic E-state index is -0.889. The fourth-order valence-corrected chi connectivity index (χ4v) is 3.73. The molecule has 1 unspecified atom stereocenters. The molecule has 0 fully saturated rings. The summed E-state index contributed by atoms with van der Waals surface area (Å²) in [6.45, 7) is 0. The Kier molecular flexibility index (Phi) is 4.74. The zero-order valence-electron chi connectivity index (χ0n) is 12.1. The van der Waals surface area contributed by atoms with Crippen LogP contribution in [0.5, 0.6) is 0 Å². The number of carbonyl (C=O) groups is 1. The Morgan fingerprint density at radius 3 is 2.35 bits per heavy atom. The molecule has 23 heavy (non-hydrogen) atoms. The largest absolute Gasteiger partial charge is 0.480 e. The zero-order valence-corrected chi connectivity index (χ0v) is 13.7. The van der Waals surface area contributed by atoms with Gasteiger partial charge in [-0.05, 0) is 29.8 Å². The van der Waals surface area contributed by atoms with Gasteiger partial charge in [-0.2, -0.15) is 0 Å². The lowest BCUT2D eigenvalue weighted by Gasteiger charge is -2.17. The van der Waals surface area contributed by atoms with Crippen LogP contribution in [0, 0.1) is 0 Å². The highest BCUT2D eigenvalue weighted by Crippen LogP contribution is 2.42. The van der Waals surface area contributed by atoms with Gasteiger partial charge in [0.15, 0.2) is 0 Å². The molecular formula is C18H14ClNO2S. The van der Waals surface area contributed by atoms with Crippen molar-refractivity contribution in [3.05, 3.63) is 83.6 Å². The average Bonchev–Trinajstić information content (AvgIpc) is 3.08. The van der Waals surface area contributed by atoms with E-state index in [1.807, 2.05) is 71.6 Å². The molecule has 3 aromatic rings. The van der Waals surface area contributed by atoms with Gasteiger partial charge in [-0.15, -0.1) is 11.8 Å². The van der Waals surface area contributed by atoms with Crippen molar-refractivity contribution in [2.45, 2.75) is 10.1 Å². The van der Waals surface area contributed by atoms with E-state index in [9.17, 15) is 9.90 Å². The Balaban J connectivity index is 2.03. The number of benzene rings is 2. The third-order valence-electron chi connectivity index (χ3n) is 3.39. The summed E-state index contributed by atoms with van der Waals surface area (Å²) in [6, 6.07) is 18.6. The maximum Gasteiger partial charge on any atom is 0.321 e.